The summed E-state index contributed by atoms with van der Waals surface area (Å²) >= 11 is 0. The SMILES string of the molecule is CC(C)(C)OC(=O)CCC(=O)Nc1cccc(C(=O)CCN2CCCCC2)c1. The van der Waals surface area contributed by atoms with Gasteiger partial charge in [-0.25, -0.2) is 0 Å². The van der Waals surface area contributed by atoms with Gasteiger partial charge in [0.2, 0.25) is 5.91 Å². The predicted molar refractivity (Wildman–Crippen MR) is 109 cm³/mol. The Kier molecular flexibility index (Phi) is 8.18. The van der Waals surface area contributed by atoms with Crippen LogP contribution < -0.4 is 5.32 Å². The highest BCUT2D eigenvalue weighted by molar-refractivity contribution is 5.98. The quantitative estimate of drug-likeness (QED) is 0.541. The fourth-order valence-corrected chi connectivity index (χ4v) is 3.19. The summed E-state index contributed by atoms with van der Waals surface area (Å²) in [6, 6.07) is 6.98. The molecule has 1 amide bonds. The fourth-order valence-electron chi connectivity index (χ4n) is 3.19. The molecular weight excluding hydrogens is 356 g/mol. The molecule has 6 nitrogen and oxygen atoms in total. The molecule has 1 fully saturated rings. The number of Topliss-reactive ketones (excluding diaryl/α,β-unsaturated/α-hetero) is 1. The van der Waals surface area contributed by atoms with Gasteiger partial charge in [0.05, 0.1) is 6.42 Å². The maximum atomic E-state index is 12.5. The topological polar surface area (TPSA) is 75.7 Å². The number of carbonyl (C=O) groups is 3. The summed E-state index contributed by atoms with van der Waals surface area (Å²) in [6.45, 7) is 8.30. The number of piperidine rings is 1. The Balaban J connectivity index is 1.80. The Morgan fingerprint density at radius 1 is 1.04 bits per heavy atom. The van der Waals surface area contributed by atoms with E-state index < -0.39 is 11.6 Å². The van der Waals surface area contributed by atoms with E-state index in [1.165, 1.54) is 19.3 Å². The summed E-state index contributed by atoms with van der Waals surface area (Å²) in [6.07, 6.45) is 4.24. The molecule has 0 unspecified atom stereocenters. The monoisotopic (exact) mass is 388 g/mol. The van der Waals surface area contributed by atoms with Crippen LogP contribution in [0.15, 0.2) is 24.3 Å². The molecule has 0 bridgehead atoms. The number of benzene rings is 1. The van der Waals surface area contributed by atoms with Crippen molar-refractivity contribution in [1.29, 1.82) is 0 Å². The second-order valence-electron chi connectivity index (χ2n) is 8.29. The molecular formula is C22H32N2O4. The smallest absolute Gasteiger partial charge is 0.306 e. The van der Waals surface area contributed by atoms with Gasteiger partial charge < -0.3 is 15.0 Å². The Bertz CT molecular complexity index is 688. The molecule has 154 valence electrons. The van der Waals surface area contributed by atoms with Crippen LogP contribution in [0.25, 0.3) is 0 Å². The third-order valence-electron chi connectivity index (χ3n) is 4.55. The number of hydrogen-bond donors (Lipinski definition) is 1. The molecule has 1 aromatic rings. The molecule has 0 saturated carbocycles. The third kappa shape index (κ3) is 8.21. The number of esters is 1. The van der Waals surface area contributed by atoms with Gasteiger partial charge in [-0.3, -0.25) is 14.4 Å². The molecule has 2 rings (SSSR count). The standard InChI is InChI=1S/C22H32N2O4/c1-22(2,3)28-21(27)11-10-20(26)23-18-9-7-8-17(16-18)19(25)12-15-24-13-5-4-6-14-24/h7-9,16H,4-6,10-15H2,1-3H3,(H,23,26). The van der Waals surface area contributed by atoms with Gasteiger partial charge in [-0.15, -0.1) is 0 Å². The molecule has 1 aromatic carbocycles. The second-order valence-corrected chi connectivity index (χ2v) is 8.29. The van der Waals surface area contributed by atoms with Crippen molar-refractivity contribution < 1.29 is 19.1 Å². The van der Waals surface area contributed by atoms with Crippen molar-refractivity contribution in [2.45, 2.75) is 64.9 Å². The molecule has 0 aromatic heterocycles. The summed E-state index contributed by atoms with van der Waals surface area (Å²) in [5.74, 6) is -0.594. The molecule has 1 aliphatic heterocycles. The lowest BCUT2D eigenvalue weighted by molar-refractivity contribution is -0.155. The van der Waals surface area contributed by atoms with Gasteiger partial charge in [0.25, 0.3) is 0 Å². The second kappa shape index (κ2) is 10.4. The number of likely N-dealkylation sites (tertiary alicyclic amines) is 1. The summed E-state index contributed by atoms with van der Waals surface area (Å²) in [5, 5.41) is 2.75. The van der Waals surface area contributed by atoms with Crippen molar-refractivity contribution in [3.63, 3.8) is 0 Å². The van der Waals surface area contributed by atoms with E-state index in [0.717, 1.165) is 19.6 Å². The van der Waals surface area contributed by atoms with Crippen LogP contribution >= 0.6 is 0 Å². The van der Waals surface area contributed by atoms with Gasteiger partial charge in [-0.2, -0.15) is 0 Å². The fraction of sp³-hybridized carbons (Fsp3) is 0.591. The van der Waals surface area contributed by atoms with Crippen LogP contribution in [-0.2, 0) is 14.3 Å². The van der Waals surface area contributed by atoms with E-state index in [0.29, 0.717) is 17.7 Å². The molecule has 0 aliphatic carbocycles. The van der Waals surface area contributed by atoms with Crippen LogP contribution in [0.4, 0.5) is 5.69 Å². The average Bonchev–Trinajstić information content (AvgIpc) is 2.64. The zero-order valence-electron chi connectivity index (χ0n) is 17.3. The van der Waals surface area contributed by atoms with Crippen molar-refractivity contribution in [2.24, 2.45) is 0 Å². The van der Waals surface area contributed by atoms with Gasteiger partial charge in [0.1, 0.15) is 5.60 Å². The average molecular weight is 389 g/mol. The van der Waals surface area contributed by atoms with Crippen molar-refractivity contribution in [3.05, 3.63) is 29.8 Å². The van der Waals surface area contributed by atoms with Crippen LogP contribution in [0.3, 0.4) is 0 Å². The van der Waals surface area contributed by atoms with Crippen molar-refractivity contribution in [1.82, 2.24) is 4.90 Å². The number of ketones is 1. The highest BCUT2D eigenvalue weighted by Crippen LogP contribution is 2.15. The summed E-state index contributed by atoms with van der Waals surface area (Å²) < 4.78 is 5.20. The van der Waals surface area contributed by atoms with E-state index in [2.05, 4.69) is 10.2 Å². The largest absolute Gasteiger partial charge is 0.460 e. The third-order valence-corrected chi connectivity index (χ3v) is 4.55. The van der Waals surface area contributed by atoms with Crippen LogP contribution in [0, 0.1) is 0 Å². The Hall–Kier alpha value is -2.21. The molecule has 6 heteroatoms. The zero-order chi connectivity index (χ0) is 20.6. The van der Waals surface area contributed by atoms with Crippen LogP contribution in [0.5, 0.6) is 0 Å². The number of carbonyl (C=O) groups excluding carboxylic acids is 3. The van der Waals surface area contributed by atoms with E-state index in [1.807, 2.05) is 0 Å². The summed E-state index contributed by atoms with van der Waals surface area (Å²) in [4.78, 5) is 38.6. The normalized spacial score (nSPS) is 15.1. The number of anilines is 1. The minimum absolute atomic E-state index is 0.0254. The highest BCUT2D eigenvalue weighted by atomic mass is 16.6. The molecule has 1 N–H and O–H groups in total. The lowest BCUT2D eigenvalue weighted by Crippen LogP contribution is -2.31. The Morgan fingerprint density at radius 3 is 2.43 bits per heavy atom. The lowest BCUT2D eigenvalue weighted by atomic mass is 10.1. The number of nitrogens with one attached hydrogen (secondary N) is 1. The Labute approximate surface area is 167 Å². The number of rotatable bonds is 8. The highest BCUT2D eigenvalue weighted by Gasteiger charge is 2.17. The predicted octanol–water partition coefficient (Wildman–Crippen LogP) is 3.81. The molecule has 0 spiro atoms. The number of nitrogens with zero attached hydrogens (tertiary/aromatic N) is 1. The minimum atomic E-state index is -0.559. The van der Waals surface area contributed by atoms with E-state index >= 15 is 0 Å². The van der Waals surface area contributed by atoms with E-state index in [1.54, 1.807) is 45.0 Å². The number of amides is 1. The van der Waals surface area contributed by atoms with Crippen LogP contribution in [0.2, 0.25) is 0 Å². The Morgan fingerprint density at radius 2 is 1.75 bits per heavy atom. The maximum absolute atomic E-state index is 12.5. The molecule has 1 aliphatic rings. The van der Waals surface area contributed by atoms with Gasteiger partial charge in [0.15, 0.2) is 5.78 Å². The maximum Gasteiger partial charge on any atom is 0.306 e. The minimum Gasteiger partial charge on any atom is -0.460 e. The van der Waals surface area contributed by atoms with E-state index in [-0.39, 0.29) is 24.5 Å². The van der Waals surface area contributed by atoms with Crippen molar-refractivity contribution in [2.75, 3.05) is 25.0 Å². The first-order valence-corrected chi connectivity index (χ1v) is 10.1. The van der Waals surface area contributed by atoms with Gasteiger partial charge in [0, 0.05) is 30.6 Å². The van der Waals surface area contributed by atoms with Gasteiger partial charge >= 0.3 is 5.97 Å². The first-order valence-electron chi connectivity index (χ1n) is 10.1. The van der Waals surface area contributed by atoms with Crippen LogP contribution in [0.1, 0.15) is 69.7 Å². The molecule has 0 radical (unpaired) electrons. The van der Waals surface area contributed by atoms with E-state index in [9.17, 15) is 14.4 Å². The lowest BCUT2D eigenvalue weighted by Gasteiger charge is -2.25. The number of hydrogen-bond acceptors (Lipinski definition) is 5. The van der Waals surface area contributed by atoms with Crippen molar-refractivity contribution >= 4 is 23.3 Å². The van der Waals surface area contributed by atoms with E-state index in [4.69, 9.17) is 4.74 Å². The van der Waals surface area contributed by atoms with Gasteiger partial charge in [-0.1, -0.05) is 18.6 Å². The first-order chi connectivity index (χ1) is 13.2. The summed E-state index contributed by atoms with van der Waals surface area (Å²) in [5.41, 5.74) is 0.608. The number of ether oxygens (including phenoxy) is 1. The molecule has 0 atom stereocenters. The molecule has 1 heterocycles. The van der Waals surface area contributed by atoms with Gasteiger partial charge in [-0.05, 0) is 58.8 Å². The first kappa shape index (κ1) is 22.1. The van der Waals surface area contributed by atoms with Crippen molar-refractivity contribution in [3.8, 4) is 0 Å². The molecule has 1 saturated heterocycles. The zero-order valence-corrected chi connectivity index (χ0v) is 17.3. The van der Waals surface area contributed by atoms with Crippen LogP contribution in [-0.4, -0.2) is 47.8 Å². The molecule has 28 heavy (non-hydrogen) atoms. The summed E-state index contributed by atoms with van der Waals surface area (Å²) in [7, 11) is 0.